The standard InChI is InChI=1S/C19H26N2O3/c1-3-6-17(22)21-15-8-7-13(11-16(15)24-2)20-18(23)14-12-19(14)9-4-5-10-19/h7-8,11,14H,3-6,9-10,12H2,1-2H3,(H,20,23)(H,21,22). The summed E-state index contributed by atoms with van der Waals surface area (Å²) in [4.78, 5) is 24.2. The lowest BCUT2D eigenvalue weighted by Gasteiger charge is -2.13. The molecule has 1 unspecified atom stereocenters. The Balaban J connectivity index is 1.64. The fourth-order valence-corrected chi connectivity index (χ4v) is 3.89. The van der Waals surface area contributed by atoms with E-state index in [2.05, 4.69) is 10.6 Å². The van der Waals surface area contributed by atoms with Crippen molar-refractivity contribution in [3.8, 4) is 5.75 Å². The highest BCUT2D eigenvalue weighted by atomic mass is 16.5. The summed E-state index contributed by atoms with van der Waals surface area (Å²) < 4.78 is 5.35. The number of methoxy groups -OCH3 is 1. The zero-order chi connectivity index (χ0) is 17.2. The SMILES string of the molecule is CCCC(=O)Nc1ccc(NC(=O)C2CC23CCCC3)cc1OC. The molecule has 0 aromatic heterocycles. The van der Waals surface area contributed by atoms with Gasteiger partial charge in [0.2, 0.25) is 11.8 Å². The number of ether oxygens (including phenoxy) is 1. The van der Waals surface area contributed by atoms with Crippen molar-refractivity contribution in [3.63, 3.8) is 0 Å². The van der Waals surface area contributed by atoms with Gasteiger partial charge in [-0.3, -0.25) is 9.59 Å². The van der Waals surface area contributed by atoms with Crippen LogP contribution in [0.1, 0.15) is 51.9 Å². The van der Waals surface area contributed by atoms with Crippen LogP contribution in [0.4, 0.5) is 11.4 Å². The first kappa shape index (κ1) is 16.8. The molecule has 2 amide bonds. The second-order valence-electron chi connectivity index (χ2n) is 7.03. The maximum absolute atomic E-state index is 12.5. The molecule has 2 saturated carbocycles. The summed E-state index contributed by atoms with van der Waals surface area (Å²) in [5.74, 6) is 0.800. The monoisotopic (exact) mass is 330 g/mol. The van der Waals surface area contributed by atoms with Crippen LogP contribution >= 0.6 is 0 Å². The smallest absolute Gasteiger partial charge is 0.228 e. The summed E-state index contributed by atoms with van der Waals surface area (Å²) in [6.07, 6.45) is 7.19. The lowest BCUT2D eigenvalue weighted by atomic mass is 10.0. The minimum atomic E-state index is -0.0336. The molecule has 0 heterocycles. The molecule has 2 aliphatic carbocycles. The molecule has 3 rings (SSSR count). The number of hydrogen-bond donors (Lipinski definition) is 2. The van der Waals surface area contributed by atoms with Crippen LogP contribution in [-0.2, 0) is 9.59 Å². The molecule has 2 aliphatic rings. The highest BCUT2D eigenvalue weighted by Gasteiger charge is 2.58. The van der Waals surface area contributed by atoms with Gasteiger partial charge in [0.1, 0.15) is 5.75 Å². The number of amides is 2. The molecule has 5 heteroatoms. The number of rotatable bonds is 6. The minimum absolute atomic E-state index is 0.0336. The van der Waals surface area contributed by atoms with E-state index in [9.17, 15) is 9.59 Å². The second kappa shape index (κ2) is 6.83. The molecule has 24 heavy (non-hydrogen) atoms. The third-order valence-electron chi connectivity index (χ3n) is 5.33. The van der Waals surface area contributed by atoms with Gasteiger partial charge in [-0.2, -0.15) is 0 Å². The molecular weight excluding hydrogens is 304 g/mol. The molecule has 0 radical (unpaired) electrons. The molecule has 1 spiro atoms. The lowest BCUT2D eigenvalue weighted by molar-refractivity contribution is -0.118. The van der Waals surface area contributed by atoms with E-state index in [1.807, 2.05) is 13.0 Å². The third-order valence-corrected chi connectivity index (χ3v) is 5.33. The summed E-state index contributed by atoms with van der Waals surface area (Å²) in [5.41, 5.74) is 1.64. The van der Waals surface area contributed by atoms with E-state index in [4.69, 9.17) is 4.74 Å². The average Bonchev–Trinajstić information content (AvgIpc) is 3.06. The third kappa shape index (κ3) is 3.40. The molecule has 1 atom stereocenters. The first-order valence-corrected chi connectivity index (χ1v) is 8.87. The van der Waals surface area contributed by atoms with Crippen molar-refractivity contribution >= 4 is 23.2 Å². The second-order valence-corrected chi connectivity index (χ2v) is 7.03. The topological polar surface area (TPSA) is 67.4 Å². The van der Waals surface area contributed by atoms with Crippen LogP contribution in [0.3, 0.4) is 0 Å². The number of nitrogens with one attached hydrogen (secondary N) is 2. The van der Waals surface area contributed by atoms with Crippen molar-refractivity contribution < 1.29 is 14.3 Å². The van der Waals surface area contributed by atoms with E-state index >= 15 is 0 Å². The van der Waals surface area contributed by atoms with Crippen molar-refractivity contribution in [3.05, 3.63) is 18.2 Å². The largest absolute Gasteiger partial charge is 0.494 e. The zero-order valence-corrected chi connectivity index (χ0v) is 14.5. The Labute approximate surface area is 143 Å². The van der Waals surface area contributed by atoms with Gasteiger partial charge in [0.25, 0.3) is 0 Å². The van der Waals surface area contributed by atoms with Gasteiger partial charge in [0.15, 0.2) is 0 Å². The number of carbonyl (C=O) groups is 2. The Hall–Kier alpha value is -2.04. The van der Waals surface area contributed by atoms with Crippen LogP contribution in [0.25, 0.3) is 0 Å². The molecule has 1 aromatic rings. The summed E-state index contributed by atoms with van der Waals surface area (Å²) in [5, 5.41) is 5.84. The first-order valence-electron chi connectivity index (χ1n) is 8.87. The van der Waals surface area contributed by atoms with Crippen LogP contribution in [0.2, 0.25) is 0 Å². The highest BCUT2D eigenvalue weighted by Crippen LogP contribution is 2.63. The predicted octanol–water partition coefficient (Wildman–Crippen LogP) is 3.95. The molecule has 2 fully saturated rings. The molecule has 1 aromatic carbocycles. The zero-order valence-electron chi connectivity index (χ0n) is 14.5. The van der Waals surface area contributed by atoms with Crippen LogP contribution in [0.5, 0.6) is 5.75 Å². The quantitative estimate of drug-likeness (QED) is 0.830. The maximum Gasteiger partial charge on any atom is 0.228 e. The van der Waals surface area contributed by atoms with Gasteiger partial charge in [0, 0.05) is 24.1 Å². The van der Waals surface area contributed by atoms with E-state index in [1.165, 1.54) is 25.7 Å². The molecule has 0 saturated heterocycles. The fourth-order valence-electron chi connectivity index (χ4n) is 3.89. The van der Waals surface area contributed by atoms with Crippen molar-refractivity contribution in [1.82, 2.24) is 0 Å². The Morgan fingerprint density at radius 2 is 2.00 bits per heavy atom. The van der Waals surface area contributed by atoms with Gasteiger partial charge in [-0.1, -0.05) is 19.8 Å². The van der Waals surface area contributed by atoms with Gasteiger partial charge in [-0.25, -0.2) is 0 Å². The number of benzene rings is 1. The summed E-state index contributed by atoms with van der Waals surface area (Å²) in [6.45, 7) is 1.96. The fraction of sp³-hybridized carbons (Fsp3) is 0.579. The van der Waals surface area contributed by atoms with Crippen molar-refractivity contribution in [2.24, 2.45) is 11.3 Å². The lowest BCUT2D eigenvalue weighted by Crippen LogP contribution is -2.18. The first-order chi connectivity index (χ1) is 11.6. The van der Waals surface area contributed by atoms with Crippen molar-refractivity contribution in [2.45, 2.75) is 51.9 Å². The van der Waals surface area contributed by atoms with E-state index in [1.54, 1.807) is 19.2 Å². The average molecular weight is 330 g/mol. The van der Waals surface area contributed by atoms with E-state index in [0.29, 0.717) is 29.0 Å². The number of anilines is 2. The Morgan fingerprint density at radius 3 is 2.67 bits per heavy atom. The number of hydrogen-bond acceptors (Lipinski definition) is 3. The molecule has 5 nitrogen and oxygen atoms in total. The van der Waals surface area contributed by atoms with Crippen LogP contribution < -0.4 is 15.4 Å². The summed E-state index contributed by atoms with van der Waals surface area (Å²) in [7, 11) is 1.56. The van der Waals surface area contributed by atoms with Crippen LogP contribution in [-0.4, -0.2) is 18.9 Å². The van der Waals surface area contributed by atoms with E-state index < -0.39 is 0 Å². The molecular formula is C19H26N2O3. The van der Waals surface area contributed by atoms with Gasteiger partial charge in [-0.15, -0.1) is 0 Å². The molecule has 2 N–H and O–H groups in total. The normalized spacial score (nSPS) is 20.7. The molecule has 0 bridgehead atoms. The Morgan fingerprint density at radius 1 is 1.25 bits per heavy atom. The maximum atomic E-state index is 12.5. The minimum Gasteiger partial charge on any atom is -0.494 e. The van der Waals surface area contributed by atoms with Gasteiger partial charge in [0.05, 0.1) is 12.8 Å². The molecule has 0 aliphatic heterocycles. The van der Waals surface area contributed by atoms with Gasteiger partial charge in [-0.05, 0) is 43.2 Å². The van der Waals surface area contributed by atoms with Crippen molar-refractivity contribution in [2.75, 3.05) is 17.7 Å². The van der Waals surface area contributed by atoms with Crippen LogP contribution in [0.15, 0.2) is 18.2 Å². The summed E-state index contributed by atoms with van der Waals surface area (Å²) in [6, 6.07) is 5.36. The Bertz CT molecular complexity index is 635. The van der Waals surface area contributed by atoms with Crippen molar-refractivity contribution in [1.29, 1.82) is 0 Å². The summed E-state index contributed by atoms with van der Waals surface area (Å²) >= 11 is 0. The predicted molar refractivity (Wildman–Crippen MR) is 94.2 cm³/mol. The molecule has 130 valence electrons. The van der Waals surface area contributed by atoms with Gasteiger partial charge < -0.3 is 15.4 Å². The Kier molecular flexibility index (Phi) is 4.78. The highest BCUT2D eigenvalue weighted by molar-refractivity contribution is 5.96. The van der Waals surface area contributed by atoms with Gasteiger partial charge >= 0.3 is 0 Å². The van der Waals surface area contributed by atoms with E-state index in [0.717, 1.165) is 12.8 Å². The number of carbonyl (C=O) groups excluding carboxylic acids is 2. The van der Waals surface area contributed by atoms with E-state index in [-0.39, 0.29) is 17.7 Å². The van der Waals surface area contributed by atoms with Crippen LogP contribution in [0, 0.1) is 11.3 Å².